The molecule has 150 valence electrons. The molecule has 0 aliphatic heterocycles. The van der Waals surface area contributed by atoms with Crippen LogP contribution < -0.4 is 9.62 Å². The minimum absolute atomic E-state index is 0.0643. The number of aromatic nitrogens is 2. The molecule has 0 atom stereocenters. The van der Waals surface area contributed by atoms with Gasteiger partial charge in [-0.15, -0.1) is 0 Å². The van der Waals surface area contributed by atoms with Crippen LogP contribution in [0.2, 0.25) is 0 Å². The molecule has 0 fully saturated rings. The standard InChI is InChI=1S/C18H21BrN4O4S/c1-10(2)23-13(6-7-21-23)17-16(18(24)20-3)11-8-12(19)14(9-15(11)27-17)22(4)28(5,25)26/h6-10H,1-5H3,(H,20,24). The number of amides is 1. The Kier molecular flexibility index (Phi) is 5.28. The first-order valence-electron chi connectivity index (χ1n) is 8.52. The first kappa shape index (κ1) is 20.4. The minimum Gasteiger partial charge on any atom is -0.453 e. The molecule has 8 nitrogen and oxygen atoms in total. The molecule has 28 heavy (non-hydrogen) atoms. The van der Waals surface area contributed by atoms with Crippen LogP contribution in [-0.2, 0) is 10.0 Å². The molecule has 1 aromatic carbocycles. The summed E-state index contributed by atoms with van der Waals surface area (Å²) in [5.74, 6) is 0.0768. The van der Waals surface area contributed by atoms with Crippen molar-refractivity contribution in [3.05, 3.63) is 34.4 Å². The molecule has 0 saturated heterocycles. The van der Waals surface area contributed by atoms with E-state index in [9.17, 15) is 13.2 Å². The van der Waals surface area contributed by atoms with E-state index in [0.717, 1.165) is 10.6 Å². The third kappa shape index (κ3) is 3.42. The van der Waals surface area contributed by atoms with Crippen molar-refractivity contribution < 1.29 is 17.6 Å². The molecule has 0 aliphatic rings. The Labute approximate surface area is 171 Å². The molecule has 10 heteroatoms. The maximum Gasteiger partial charge on any atom is 0.255 e. The number of nitrogens with zero attached hydrogens (tertiary/aromatic N) is 3. The predicted molar refractivity (Wildman–Crippen MR) is 112 cm³/mol. The summed E-state index contributed by atoms with van der Waals surface area (Å²) in [6, 6.07) is 5.14. The molecule has 0 saturated carbocycles. The molecule has 3 aromatic rings. The largest absolute Gasteiger partial charge is 0.453 e. The summed E-state index contributed by atoms with van der Waals surface area (Å²) >= 11 is 3.41. The van der Waals surface area contributed by atoms with E-state index in [-0.39, 0.29) is 11.9 Å². The number of nitrogens with one attached hydrogen (secondary N) is 1. The van der Waals surface area contributed by atoms with Gasteiger partial charge in [0.25, 0.3) is 5.91 Å². The zero-order valence-electron chi connectivity index (χ0n) is 16.1. The highest BCUT2D eigenvalue weighted by Crippen LogP contribution is 2.39. The highest BCUT2D eigenvalue weighted by molar-refractivity contribution is 9.10. The minimum atomic E-state index is -3.46. The molecular weight excluding hydrogens is 448 g/mol. The van der Waals surface area contributed by atoms with Crippen molar-refractivity contribution in [1.29, 1.82) is 0 Å². The second-order valence-corrected chi connectivity index (χ2v) is 9.54. The Morgan fingerprint density at radius 2 is 2.04 bits per heavy atom. The SMILES string of the molecule is CNC(=O)c1c(-c2ccnn2C(C)C)oc2cc(N(C)S(C)(=O)=O)c(Br)cc12. The number of sulfonamides is 1. The lowest BCUT2D eigenvalue weighted by atomic mass is 10.1. The van der Waals surface area contributed by atoms with Crippen LogP contribution in [0.25, 0.3) is 22.4 Å². The number of halogens is 1. The molecule has 1 N–H and O–H groups in total. The second kappa shape index (κ2) is 7.25. The van der Waals surface area contributed by atoms with Crippen molar-refractivity contribution in [1.82, 2.24) is 15.1 Å². The van der Waals surface area contributed by atoms with Crippen LogP contribution in [0, 0.1) is 0 Å². The van der Waals surface area contributed by atoms with Gasteiger partial charge in [0.05, 0.1) is 17.5 Å². The van der Waals surface area contributed by atoms with Crippen LogP contribution in [0.5, 0.6) is 0 Å². The number of hydrogen-bond donors (Lipinski definition) is 1. The van der Waals surface area contributed by atoms with Crippen LogP contribution in [0.1, 0.15) is 30.2 Å². The average molecular weight is 469 g/mol. The van der Waals surface area contributed by atoms with Gasteiger partial charge in [0.1, 0.15) is 11.3 Å². The van der Waals surface area contributed by atoms with E-state index in [1.54, 1.807) is 36.1 Å². The summed E-state index contributed by atoms with van der Waals surface area (Å²) in [5.41, 5.74) is 1.85. The van der Waals surface area contributed by atoms with E-state index in [2.05, 4.69) is 26.3 Å². The van der Waals surface area contributed by atoms with Gasteiger partial charge >= 0.3 is 0 Å². The number of carbonyl (C=O) groups is 1. The normalized spacial score (nSPS) is 12.0. The molecule has 0 unspecified atom stereocenters. The van der Waals surface area contributed by atoms with Crippen LogP contribution in [-0.4, -0.2) is 44.5 Å². The molecule has 1 amide bonds. The lowest BCUT2D eigenvalue weighted by molar-refractivity contribution is 0.0964. The Morgan fingerprint density at radius 3 is 2.61 bits per heavy atom. The van der Waals surface area contributed by atoms with Gasteiger partial charge in [-0.1, -0.05) is 0 Å². The lowest BCUT2D eigenvalue weighted by Gasteiger charge is -2.18. The fraction of sp³-hybridized carbons (Fsp3) is 0.333. The van der Waals surface area contributed by atoms with Crippen molar-refractivity contribution in [2.24, 2.45) is 0 Å². The Hall–Kier alpha value is -2.33. The van der Waals surface area contributed by atoms with Gasteiger partial charge in [-0.25, -0.2) is 8.42 Å². The fourth-order valence-corrected chi connectivity index (χ4v) is 4.20. The fourth-order valence-electron chi connectivity index (χ4n) is 2.96. The lowest BCUT2D eigenvalue weighted by Crippen LogP contribution is -2.25. The van der Waals surface area contributed by atoms with Gasteiger partial charge in [-0.2, -0.15) is 5.10 Å². The predicted octanol–water partition coefficient (Wildman–Crippen LogP) is 3.40. The van der Waals surface area contributed by atoms with Gasteiger partial charge < -0.3 is 9.73 Å². The number of fused-ring (bicyclic) bond motifs is 1. The highest BCUT2D eigenvalue weighted by atomic mass is 79.9. The van der Waals surface area contributed by atoms with E-state index >= 15 is 0 Å². The zero-order chi connectivity index (χ0) is 20.8. The van der Waals surface area contributed by atoms with Crippen molar-refractivity contribution in [2.45, 2.75) is 19.9 Å². The Bertz CT molecular complexity index is 1160. The number of benzene rings is 1. The molecule has 0 radical (unpaired) electrons. The van der Waals surface area contributed by atoms with E-state index in [1.165, 1.54) is 7.05 Å². The van der Waals surface area contributed by atoms with E-state index in [1.807, 2.05) is 13.8 Å². The smallest absolute Gasteiger partial charge is 0.255 e. The van der Waals surface area contributed by atoms with Gasteiger partial charge in [-0.3, -0.25) is 13.8 Å². The average Bonchev–Trinajstić information content (AvgIpc) is 3.23. The third-order valence-corrected chi connectivity index (χ3v) is 6.27. The topological polar surface area (TPSA) is 97.4 Å². The monoisotopic (exact) mass is 468 g/mol. The molecule has 0 spiro atoms. The van der Waals surface area contributed by atoms with Crippen molar-refractivity contribution in [2.75, 3.05) is 24.7 Å². The third-order valence-electron chi connectivity index (χ3n) is 4.44. The first-order valence-corrected chi connectivity index (χ1v) is 11.2. The number of anilines is 1. The van der Waals surface area contributed by atoms with E-state index in [4.69, 9.17) is 4.42 Å². The summed E-state index contributed by atoms with van der Waals surface area (Å²) in [4.78, 5) is 12.7. The van der Waals surface area contributed by atoms with E-state index < -0.39 is 10.0 Å². The van der Waals surface area contributed by atoms with Crippen LogP contribution in [0.15, 0.2) is 33.3 Å². The number of hydrogen-bond acceptors (Lipinski definition) is 5. The van der Waals surface area contributed by atoms with Crippen LogP contribution >= 0.6 is 15.9 Å². The molecule has 2 aromatic heterocycles. The summed E-state index contributed by atoms with van der Waals surface area (Å²) in [6.07, 6.45) is 2.77. The molecule has 0 aliphatic carbocycles. The summed E-state index contributed by atoms with van der Waals surface area (Å²) in [5, 5.41) is 7.53. The first-order chi connectivity index (χ1) is 13.1. The number of furan rings is 1. The van der Waals surface area contributed by atoms with Crippen molar-refractivity contribution in [3.8, 4) is 11.5 Å². The molecular formula is C18H21BrN4O4S. The van der Waals surface area contributed by atoms with Crippen molar-refractivity contribution >= 4 is 48.5 Å². The number of carbonyl (C=O) groups excluding carboxylic acids is 1. The van der Waals surface area contributed by atoms with Gasteiger partial charge in [0, 0.05) is 42.3 Å². The Balaban J connectivity index is 2.33. The van der Waals surface area contributed by atoms with Crippen LogP contribution in [0.3, 0.4) is 0 Å². The molecule has 3 rings (SSSR count). The summed E-state index contributed by atoms with van der Waals surface area (Å²) < 4.78 is 33.4. The highest BCUT2D eigenvalue weighted by Gasteiger charge is 2.26. The maximum atomic E-state index is 12.7. The van der Waals surface area contributed by atoms with Gasteiger partial charge in [0.2, 0.25) is 10.0 Å². The number of rotatable bonds is 5. The molecule has 2 heterocycles. The van der Waals surface area contributed by atoms with Crippen LogP contribution in [0.4, 0.5) is 5.69 Å². The van der Waals surface area contributed by atoms with E-state index in [0.29, 0.717) is 38.1 Å². The van der Waals surface area contributed by atoms with Gasteiger partial charge in [0.15, 0.2) is 5.76 Å². The molecule has 0 bridgehead atoms. The zero-order valence-corrected chi connectivity index (χ0v) is 18.6. The maximum absolute atomic E-state index is 12.7. The van der Waals surface area contributed by atoms with Crippen molar-refractivity contribution in [3.63, 3.8) is 0 Å². The summed E-state index contributed by atoms with van der Waals surface area (Å²) in [6.45, 7) is 3.96. The Morgan fingerprint density at radius 1 is 1.36 bits per heavy atom. The second-order valence-electron chi connectivity index (χ2n) is 6.67. The quantitative estimate of drug-likeness (QED) is 0.618. The van der Waals surface area contributed by atoms with Gasteiger partial charge in [-0.05, 0) is 41.9 Å². The summed E-state index contributed by atoms with van der Waals surface area (Å²) in [7, 11) is -0.460.